The molecule has 3 aromatic rings. The average Bonchev–Trinajstić information content (AvgIpc) is 2.84. The lowest BCUT2D eigenvalue weighted by atomic mass is 10.2. The molecule has 1 amide bonds. The van der Waals surface area contributed by atoms with Gasteiger partial charge in [0.2, 0.25) is 6.41 Å². The molecule has 1 aliphatic heterocycles. The third-order valence-corrected chi connectivity index (χ3v) is 4.05. The van der Waals surface area contributed by atoms with Crippen LogP contribution in [0, 0.1) is 0 Å². The predicted octanol–water partition coefficient (Wildman–Crippen LogP) is 3.26. The molecular formula is C15H10BrN3O. The van der Waals surface area contributed by atoms with E-state index in [2.05, 4.69) is 25.5 Å². The molecule has 0 N–H and O–H groups in total. The summed E-state index contributed by atoms with van der Waals surface area (Å²) >= 11 is 3.50. The number of imidazole rings is 1. The molecule has 1 aliphatic rings. The van der Waals surface area contributed by atoms with Crippen LogP contribution in [0.25, 0.3) is 16.7 Å². The van der Waals surface area contributed by atoms with Crippen molar-refractivity contribution >= 4 is 39.1 Å². The number of hydrogen-bond acceptors (Lipinski definition) is 2. The summed E-state index contributed by atoms with van der Waals surface area (Å²) in [7, 11) is 0. The van der Waals surface area contributed by atoms with E-state index in [4.69, 9.17) is 0 Å². The van der Waals surface area contributed by atoms with Crippen LogP contribution in [0.2, 0.25) is 0 Å². The number of anilines is 1. The van der Waals surface area contributed by atoms with Crippen LogP contribution in [-0.4, -0.2) is 16.0 Å². The molecule has 2 aromatic carbocycles. The second-order valence-corrected chi connectivity index (χ2v) is 5.63. The third kappa shape index (κ3) is 1.53. The number of carbonyl (C=O) groups is 1. The molecule has 4 nitrogen and oxygen atoms in total. The summed E-state index contributed by atoms with van der Waals surface area (Å²) < 4.78 is 3.10. The number of amides is 1. The van der Waals surface area contributed by atoms with Crippen molar-refractivity contribution in [3.63, 3.8) is 0 Å². The zero-order valence-electron chi connectivity index (χ0n) is 10.5. The highest BCUT2D eigenvalue weighted by atomic mass is 79.9. The van der Waals surface area contributed by atoms with Gasteiger partial charge >= 0.3 is 0 Å². The highest BCUT2D eigenvalue weighted by molar-refractivity contribution is 9.10. The molecule has 98 valence electrons. The van der Waals surface area contributed by atoms with E-state index < -0.39 is 0 Å². The van der Waals surface area contributed by atoms with Gasteiger partial charge in [-0.1, -0.05) is 28.1 Å². The molecule has 0 fully saturated rings. The topological polar surface area (TPSA) is 38.1 Å². The molecule has 0 aliphatic carbocycles. The van der Waals surface area contributed by atoms with Crippen LogP contribution in [0.15, 0.2) is 46.9 Å². The highest BCUT2D eigenvalue weighted by Gasteiger charge is 2.24. The first-order valence-corrected chi connectivity index (χ1v) is 7.05. The number of hydrogen-bond donors (Lipinski definition) is 0. The van der Waals surface area contributed by atoms with Crippen molar-refractivity contribution < 1.29 is 4.79 Å². The number of para-hydroxylation sites is 2. The lowest BCUT2D eigenvalue weighted by Crippen LogP contribution is -2.28. The summed E-state index contributed by atoms with van der Waals surface area (Å²) in [6.07, 6.45) is 0.857. The van der Waals surface area contributed by atoms with E-state index in [9.17, 15) is 4.79 Å². The molecular weight excluding hydrogens is 318 g/mol. The summed E-state index contributed by atoms with van der Waals surface area (Å²) in [5.41, 5.74) is 3.88. The minimum Gasteiger partial charge on any atom is -0.305 e. The summed E-state index contributed by atoms with van der Waals surface area (Å²) in [6.45, 7) is 0.493. The quantitative estimate of drug-likeness (QED) is 0.643. The Morgan fingerprint density at radius 2 is 2.00 bits per heavy atom. The zero-order valence-corrected chi connectivity index (χ0v) is 12.0. The van der Waals surface area contributed by atoms with Gasteiger partial charge in [0.05, 0.1) is 29.0 Å². The molecule has 4 rings (SSSR count). The van der Waals surface area contributed by atoms with Gasteiger partial charge in [-0.2, -0.15) is 0 Å². The summed E-state index contributed by atoms with van der Waals surface area (Å²) in [5, 5.41) is 0. The fourth-order valence-corrected chi connectivity index (χ4v) is 3.05. The van der Waals surface area contributed by atoms with E-state index in [0.717, 1.165) is 39.1 Å². The number of rotatable bonds is 1. The molecule has 0 bridgehead atoms. The standard InChI is InChI=1S/C15H10BrN3O/c16-10-5-6-13-14(7-10)19-12-4-2-1-3-11(12)17-15(19)8-18(13)9-20/h1-7,9H,8H2. The highest BCUT2D eigenvalue weighted by Crippen LogP contribution is 2.35. The molecule has 1 aromatic heterocycles. The molecule has 0 spiro atoms. The Balaban J connectivity index is 2.11. The van der Waals surface area contributed by atoms with Crippen molar-refractivity contribution in [3.05, 3.63) is 52.8 Å². The van der Waals surface area contributed by atoms with E-state index in [-0.39, 0.29) is 0 Å². The first-order chi connectivity index (χ1) is 9.78. The Bertz CT molecular complexity index is 840. The van der Waals surface area contributed by atoms with Crippen molar-refractivity contribution in [2.45, 2.75) is 6.54 Å². The van der Waals surface area contributed by atoms with Crippen molar-refractivity contribution in [1.29, 1.82) is 0 Å². The Hall–Kier alpha value is -2.14. The first-order valence-electron chi connectivity index (χ1n) is 6.26. The van der Waals surface area contributed by atoms with Crippen LogP contribution >= 0.6 is 15.9 Å². The lowest BCUT2D eigenvalue weighted by molar-refractivity contribution is -0.107. The molecule has 0 atom stereocenters. The van der Waals surface area contributed by atoms with Gasteiger partial charge in [-0.3, -0.25) is 9.36 Å². The van der Waals surface area contributed by atoms with Crippen LogP contribution in [0.4, 0.5) is 5.69 Å². The Morgan fingerprint density at radius 3 is 2.85 bits per heavy atom. The molecule has 0 radical (unpaired) electrons. The number of halogens is 1. The van der Waals surface area contributed by atoms with Gasteiger partial charge < -0.3 is 4.90 Å². The second-order valence-electron chi connectivity index (χ2n) is 4.72. The van der Waals surface area contributed by atoms with E-state index in [1.165, 1.54) is 0 Å². The van der Waals surface area contributed by atoms with Crippen molar-refractivity contribution in [1.82, 2.24) is 9.55 Å². The Kier molecular flexibility index (Phi) is 2.44. The molecule has 5 heteroatoms. The van der Waals surface area contributed by atoms with Gasteiger partial charge in [-0.25, -0.2) is 4.98 Å². The monoisotopic (exact) mass is 327 g/mol. The maximum Gasteiger partial charge on any atom is 0.214 e. The Morgan fingerprint density at radius 1 is 1.15 bits per heavy atom. The van der Waals surface area contributed by atoms with Gasteiger partial charge in [0.1, 0.15) is 5.82 Å². The maximum atomic E-state index is 11.3. The fourth-order valence-electron chi connectivity index (χ4n) is 2.70. The van der Waals surface area contributed by atoms with Crippen LogP contribution in [0.1, 0.15) is 5.82 Å². The zero-order chi connectivity index (χ0) is 13.7. The van der Waals surface area contributed by atoms with Crippen molar-refractivity contribution in [2.24, 2.45) is 0 Å². The lowest BCUT2D eigenvalue weighted by Gasteiger charge is -2.27. The van der Waals surface area contributed by atoms with Crippen molar-refractivity contribution in [2.75, 3.05) is 4.90 Å². The SMILES string of the molecule is O=CN1Cc2nc3ccccc3n2-c2cc(Br)ccc21. The molecule has 0 unspecified atom stereocenters. The summed E-state index contributed by atoms with van der Waals surface area (Å²) in [5.74, 6) is 0.879. The third-order valence-electron chi connectivity index (χ3n) is 3.56. The van der Waals surface area contributed by atoms with Crippen molar-refractivity contribution in [3.8, 4) is 5.69 Å². The van der Waals surface area contributed by atoms with Gasteiger partial charge in [0.15, 0.2) is 0 Å². The number of benzene rings is 2. The molecule has 0 saturated heterocycles. The Labute approximate surface area is 123 Å². The maximum absolute atomic E-state index is 11.3. The average molecular weight is 328 g/mol. The van der Waals surface area contributed by atoms with Crippen LogP contribution in [0.3, 0.4) is 0 Å². The molecule has 20 heavy (non-hydrogen) atoms. The minimum absolute atomic E-state index is 0.493. The van der Waals surface area contributed by atoms with E-state index in [1.807, 2.05) is 42.5 Å². The van der Waals surface area contributed by atoms with Gasteiger partial charge in [-0.15, -0.1) is 0 Å². The first kappa shape index (κ1) is 11.7. The number of fused-ring (bicyclic) bond motifs is 5. The predicted molar refractivity (Wildman–Crippen MR) is 81.0 cm³/mol. The number of carbonyl (C=O) groups excluding carboxylic acids is 1. The number of nitrogens with zero attached hydrogens (tertiary/aromatic N) is 3. The van der Waals surface area contributed by atoms with Gasteiger partial charge in [0, 0.05) is 4.47 Å². The van der Waals surface area contributed by atoms with Crippen LogP contribution in [0.5, 0.6) is 0 Å². The van der Waals surface area contributed by atoms with E-state index >= 15 is 0 Å². The number of aromatic nitrogens is 2. The summed E-state index contributed by atoms with van der Waals surface area (Å²) in [4.78, 5) is 17.6. The fraction of sp³-hybridized carbons (Fsp3) is 0.0667. The second kappa shape index (κ2) is 4.18. The minimum atomic E-state index is 0.493. The van der Waals surface area contributed by atoms with Gasteiger partial charge in [-0.05, 0) is 30.3 Å². The van der Waals surface area contributed by atoms with E-state index in [1.54, 1.807) is 4.90 Å². The van der Waals surface area contributed by atoms with Crippen LogP contribution < -0.4 is 4.90 Å². The van der Waals surface area contributed by atoms with Gasteiger partial charge in [0.25, 0.3) is 0 Å². The summed E-state index contributed by atoms with van der Waals surface area (Å²) in [6, 6.07) is 13.9. The van der Waals surface area contributed by atoms with E-state index in [0.29, 0.717) is 6.54 Å². The normalized spacial score (nSPS) is 13.2. The smallest absolute Gasteiger partial charge is 0.214 e. The molecule has 0 saturated carbocycles. The van der Waals surface area contributed by atoms with Crippen LogP contribution in [-0.2, 0) is 11.3 Å². The molecule has 2 heterocycles. The largest absolute Gasteiger partial charge is 0.305 e.